The number of benzene rings is 1. The van der Waals surface area contributed by atoms with Crippen LogP contribution in [0.15, 0.2) is 58.9 Å². The van der Waals surface area contributed by atoms with Gasteiger partial charge in [-0.1, -0.05) is 30.9 Å². The Morgan fingerprint density at radius 2 is 2.00 bits per heavy atom. The summed E-state index contributed by atoms with van der Waals surface area (Å²) in [5.74, 6) is -0.962. The van der Waals surface area contributed by atoms with Gasteiger partial charge in [0, 0.05) is 10.2 Å². The summed E-state index contributed by atoms with van der Waals surface area (Å²) in [6.45, 7) is 7.24. The van der Waals surface area contributed by atoms with Crippen LogP contribution in [-0.4, -0.2) is 48.0 Å². The summed E-state index contributed by atoms with van der Waals surface area (Å²) in [4.78, 5) is 26.5. The predicted molar refractivity (Wildman–Crippen MR) is 99.0 cm³/mol. The van der Waals surface area contributed by atoms with Crippen molar-refractivity contribution in [1.82, 2.24) is 4.90 Å². The highest BCUT2D eigenvalue weighted by atomic mass is 32.2. The lowest BCUT2D eigenvalue weighted by Crippen LogP contribution is -2.59. The van der Waals surface area contributed by atoms with E-state index in [1.54, 1.807) is 18.2 Å². The van der Waals surface area contributed by atoms with Gasteiger partial charge in [0.2, 0.25) is 0 Å². The fourth-order valence-corrected chi connectivity index (χ4v) is 5.94. The van der Waals surface area contributed by atoms with Crippen molar-refractivity contribution in [3.8, 4) is 0 Å². The molecule has 1 amide bonds. The number of hydrogen-bond acceptors (Lipinski definition) is 6. The predicted octanol–water partition coefficient (Wildman–Crippen LogP) is 2.14. The number of ether oxygens (including phenoxy) is 1. The first-order valence-corrected chi connectivity index (χ1v) is 10.4. The maximum Gasteiger partial charge on any atom is 0.330 e. The van der Waals surface area contributed by atoms with E-state index in [0.29, 0.717) is 0 Å². The Hall–Kier alpha value is -2.06. The zero-order chi connectivity index (χ0) is 19.1. The van der Waals surface area contributed by atoms with E-state index in [1.165, 1.54) is 34.9 Å². The molecule has 0 bridgehead atoms. The first-order valence-electron chi connectivity index (χ1n) is 7.99. The van der Waals surface area contributed by atoms with Crippen LogP contribution >= 0.6 is 11.8 Å². The Labute approximate surface area is 156 Å². The van der Waals surface area contributed by atoms with Gasteiger partial charge in [-0.3, -0.25) is 4.79 Å². The van der Waals surface area contributed by atoms with Crippen LogP contribution in [0.3, 0.4) is 0 Å². The minimum Gasteiger partial charge on any atom is -0.460 e. The number of thioether (sulfide) groups is 1. The van der Waals surface area contributed by atoms with Crippen LogP contribution in [0.4, 0.5) is 0 Å². The van der Waals surface area contributed by atoms with Crippen LogP contribution < -0.4 is 0 Å². The highest BCUT2D eigenvalue weighted by molar-refractivity contribution is 8.02. The zero-order valence-electron chi connectivity index (χ0n) is 14.4. The third-order valence-corrected chi connectivity index (χ3v) is 7.30. The third kappa shape index (κ3) is 3.07. The van der Waals surface area contributed by atoms with Gasteiger partial charge in [-0.2, -0.15) is 0 Å². The van der Waals surface area contributed by atoms with E-state index in [4.69, 9.17) is 4.74 Å². The molecule has 0 N–H and O–H groups in total. The molecule has 2 heterocycles. The van der Waals surface area contributed by atoms with Crippen molar-refractivity contribution in [1.29, 1.82) is 0 Å². The maximum absolute atomic E-state index is 12.6. The van der Waals surface area contributed by atoms with E-state index in [0.717, 1.165) is 5.41 Å². The number of carbonyl (C=O) groups excluding carboxylic acids is 2. The van der Waals surface area contributed by atoms with E-state index in [1.807, 2.05) is 13.8 Å². The summed E-state index contributed by atoms with van der Waals surface area (Å²) in [6, 6.07) is 7.17. The molecule has 0 radical (unpaired) electrons. The molecule has 2 aliphatic rings. The quantitative estimate of drug-likeness (QED) is 0.330. The van der Waals surface area contributed by atoms with Crippen molar-refractivity contribution in [3.05, 3.63) is 54.0 Å². The minimum absolute atomic E-state index is 0.0634. The number of esters is 1. The molecular formula is C18H19NO5S2. The minimum atomic E-state index is -3.73. The van der Waals surface area contributed by atoms with Gasteiger partial charge in [0.05, 0.1) is 10.5 Å². The first-order chi connectivity index (χ1) is 12.2. The maximum atomic E-state index is 12.6. The van der Waals surface area contributed by atoms with Gasteiger partial charge in [0.25, 0.3) is 5.91 Å². The number of nitrogens with zero attached hydrogens (tertiary/aromatic N) is 1. The number of sulfone groups is 1. The Balaban J connectivity index is 1.89. The van der Waals surface area contributed by atoms with E-state index in [9.17, 15) is 18.0 Å². The molecule has 0 unspecified atom stereocenters. The summed E-state index contributed by atoms with van der Waals surface area (Å²) in [5, 5.41) is 0.545. The van der Waals surface area contributed by atoms with Gasteiger partial charge in [-0.05, 0) is 26.0 Å². The highest BCUT2D eigenvalue weighted by Crippen LogP contribution is 2.53. The molecule has 1 aromatic rings. The summed E-state index contributed by atoms with van der Waals surface area (Å²) >= 11 is 1.38. The number of carbonyl (C=O) groups is 2. The lowest BCUT2D eigenvalue weighted by atomic mass is 9.96. The van der Waals surface area contributed by atoms with Gasteiger partial charge in [0.1, 0.15) is 18.0 Å². The van der Waals surface area contributed by atoms with E-state index < -0.39 is 37.9 Å². The summed E-state index contributed by atoms with van der Waals surface area (Å²) in [6.07, 6.45) is 1.46. The van der Waals surface area contributed by atoms with Gasteiger partial charge >= 0.3 is 5.97 Å². The van der Waals surface area contributed by atoms with Gasteiger partial charge in [-0.15, -0.1) is 11.8 Å². The number of amides is 1. The molecule has 3 rings (SSSR count). The van der Waals surface area contributed by atoms with E-state index >= 15 is 0 Å². The molecule has 2 atom stereocenters. The molecule has 6 nitrogen and oxygen atoms in total. The zero-order valence-corrected chi connectivity index (χ0v) is 16.0. The number of hydrogen-bond donors (Lipinski definition) is 0. The molecule has 8 heteroatoms. The van der Waals surface area contributed by atoms with Crippen molar-refractivity contribution in [2.24, 2.45) is 0 Å². The number of rotatable bonds is 5. The molecule has 2 aliphatic heterocycles. The normalized spacial score (nSPS) is 25.5. The van der Waals surface area contributed by atoms with Crippen molar-refractivity contribution in [3.63, 3.8) is 0 Å². The lowest BCUT2D eigenvalue weighted by molar-refractivity contribution is -0.156. The third-order valence-electron chi connectivity index (χ3n) is 4.27. The van der Waals surface area contributed by atoms with E-state index in [-0.39, 0.29) is 17.1 Å². The molecule has 26 heavy (non-hydrogen) atoms. The number of fused-ring (bicyclic) bond motifs is 1. The molecule has 2 fully saturated rings. The highest BCUT2D eigenvalue weighted by Gasteiger charge is 2.62. The summed E-state index contributed by atoms with van der Waals surface area (Å²) in [5.41, 5.74) is 0.186. The average molecular weight is 393 g/mol. The topological polar surface area (TPSA) is 80.8 Å². The van der Waals surface area contributed by atoms with Crippen LogP contribution in [-0.2, 0) is 24.2 Å². The second kappa shape index (κ2) is 6.59. The molecule has 2 saturated heterocycles. The molecule has 0 saturated carbocycles. The van der Waals surface area contributed by atoms with Crippen molar-refractivity contribution < 1.29 is 22.7 Å². The van der Waals surface area contributed by atoms with Crippen LogP contribution in [0.2, 0.25) is 0 Å². The van der Waals surface area contributed by atoms with Gasteiger partial charge < -0.3 is 9.64 Å². The lowest BCUT2D eigenvalue weighted by Gasteiger charge is -2.39. The summed E-state index contributed by atoms with van der Waals surface area (Å²) < 4.78 is 29.6. The molecule has 138 valence electrons. The van der Waals surface area contributed by atoms with Crippen LogP contribution in [0.5, 0.6) is 0 Å². The van der Waals surface area contributed by atoms with Crippen LogP contribution in [0.25, 0.3) is 0 Å². The Morgan fingerprint density at radius 3 is 2.62 bits per heavy atom. The largest absolute Gasteiger partial charge is 0.460 e. The van der Waals surface area contributed by atoms with Gasteiger partial charge in [-0.25, -0.2) is 13.2 Å². The Morgan fingerprint density at radius 1 is 1.35 bits per heavy atom. The summed E-state index contributed by atoms with van der Waals surface area (Å²) in [7, 11) is -3.73. The molecule has 0 spiro atoms. The molecule has 1 aromatic carbocycles. The first kappa shape index (κ1) is 18.7. The van der Waals surface area contributed by atoms with Crippen LogP contribution in [0.1, 0.15) is 13.8 Å². The Kier molecular flexibility index (Phi) is 4.74. The standard InChI is InChI=1S/C18H19NO5S2/c1-4-10-24-17(21)14-18(2,3)25-16-13(15(20)19(14)16)11-26(22,23)12-8-6-5-7-9-12/h4-9,11,14,16H,1,10H2,2-3H3/b13-11-/t14-,16+/m0/s1. The second-order valence-corrected chi connectivity index (χ2v) is 10.1. The molecule has 0 aromatic heterocycles. The average Bonchev–Trinajstić information content (AvgIpc) is 2.86. The number of β-lactam (4-membered cyclic amide) rings is 1. The monoisotopic (exact) mass is 393 g/mol. The SMILES string of the molecule is C=CCOC(=O)[C@@H]1N2C(=O)/C(=C/S(=O)(=O)c3ccccc3)[C@H]2SC1(C)C. The van der Waals surface area contributed by atoms with Crippen molar-refractivity contribution in [2.45, 2.75) is 34.9 Å². The van der Waals surface area contributed by atoms with Crippen molar-refractivity contribution >= 4 is 33.5 Å². The van der Waals surface area contributed by atoms with Crippen molar-refractivity contribution in [2.75, 3.05) is 6.61 Å². The fraction of sp³-hybridized carbons (Fsp3) is 0.333. The second-order valence-electron chi connectivity index (χ2n) is 6.54. The Bertz CT molecular complexity index is 889. The molecule has 0 aliphatic carbocycles. The smallest absolute Gasteiger partial charge is 0.330 e. The molecular weight excluding hydrogens is 374 g/mol. The fourth-order valence-electron chi connectivity index (χ4n) is 3.08. The van der Waals surface area contributed by atoms with Crippen LogP contribution in [0, 0.1) is 0 Å². The van der Waals surface area contributed by atoms with Gasteiger partial charge in [0.15, 0.2) is 9.84 Å². The van der Waals surface area contributed by atoms with E-state index in [2.05, 4.69) is 6.58 Å².